The quantitative estimate of drug-likeness (QED) is 0.662. The number of pyridine rings is 1. The molecule has 0 fully saturated rings. The number of carbonyl (C=O) groups is 1. The Labute approximate surface area is 116 Å². The monoisotopic (exact) mass is 274 g/mol. The number of amides is 1. The molecule has 104 valence electrons. The van der Waals surface area contributed by atoms with Crippen molar-refractivity contribution in [3.63, 3.8) is 0 Å². The van der Waals surface area contributed by atoms with Crippen LogP contribution >= 0.6 is 0 Å². The third-order valence-electron chi connectivity index (χ3n) is 2.89. The van der Waals surface area contributed by atoms with Crippen molar-refractivity contribution in [1.82, 2.24) is 4.98 Å². The van der Waals surface area contributed by atoms with E-state index in [1.54, 1.807) is 18.2 Å². The molecule has 0 aliphatic carbocycles. The second-order valence-electron chi connectivity index (χ2n) is 4.09. The fourth-order valence-electron chi connectivity index (χ4n) is 1.93. The Hall–Kier alpha value is -2.47. The number of benzene rings is 1. The van der Waals surface area contributed by atoms with Gasteiger partial charge >= 0.3 is 0 Å². The van der Waals surface area contributed by atoms with Gasteiger partial charge in [0.25, 0.3) is 5.91 Å². The summed E-state index contributed by atoms with van der Waals surface area (Å²) in [5.74, 6) is 4.71. The Bertz CT molecular complexity index is 618. The number of anilines is 2. The number of nitrogens with zero attached hydrogens (tertiary/aromatic N) is 2. The lowest BCUT2D eigenvalue weighted by molar-refractivity contribution is 0.0989. The van der Waals surface area contributed by atoms with Crippen molar-refractivity contribution in [3.05, 3.63) is 54.1 Å². The average Bonchev–Trinajstić information content (AvgIpc) is 2.48. The highest BCUT2D eigenvalue weighted by Gasteiger charge is 2.19. The van der Waals surface area contributed by atoms with E-state index in [0.717, 1.165) is 0 Å². The third kappa shape index (κ3) is 2.75. The highest BCUT2D eigenvalue weighted by Crippen LogP contribution is 2.21. The molecule has 0 bridgehead atoms. The van der Waals surface area contributed by atoms with E-state index in [1.165, 1.54) is 29.4 Å². The first kappa shape index (κ1) is 14.0. The number of hydrogen-bond donors (Lipinski definition) is 2. The predicted molar refractivity (Wildman–Crippen MR) is 75.8 cm³/mol. The number of halogens is 1. The number of hydrogen-bond acceptors (Lipinski definition) is 4. The Morgan fingerprint density at radius 2 is 2.25 bits per heavy atom. The molecule has 2 aromatic rings. The summed E-state index contributed by atoms with van der Waals surface area (Å²) in [7, 11) is 0. The lowest BCUT2D eigenvalue weighted by atomic mass is 10.2. The van der Waals surface area contributed by atoms with E-state index in [4.69, 9.17) is 5.84 Å². The zero-order chi connectivity index (χ0) is 14.5. The fourth-order valence-corrected chi connectivity index (χ4v) is 1.93. The molecular formula is C14H15FN4O. The number of aromatic nitrogens is 1. The topological polar surface area (TPSA) is 71.2 Å². The average molecular weight is 274 g/mol. The molecule has 0 spiro atoms. The molecule has 0 aliphatic rings. The summed E-state index contributed by atoms with van der Waals surface area (Å²) in [6, 6.07) is 7.47. The normalized spacial score (nSPS) is 10.2. The molecule has 1 amide bonds. The standard InChI is InChI=1S/C14H15FN4O/c1-2-19(11-5-3-4-10(15)8-11)14(20)12-6-7-17-9-13(12)18-16/h3-9,18H,2,16H2,1H3. The van der Waals surface area contributed by atoms with E-state index in [2.05, 4.69) is 10.4 Å². The Morgan fingerprint density at radius 3 is 2.90 bits per heavy atom. The molecule has 20 heavy (non-hydrogen) atoms. The van der Waals surface area contributed by atoms with Crippen LogP contribution in [-0.2, 0) is 0 Å². The van der Waals surface area contributed by atoms with Crippen molar-refractivity contribution in [2.24, 2.45) is 5.84 Å². The Kier molecular flexibility index (Phi) is 4.27. The molecule has 2 rings (SSSR count). The Morgan fingerprint density at radius 1 is 1.45 bits per heavy atom. The molecule has 1 aromatic heterocycles. The zero-order valence-corrected chi connectivity index (χ0v) is 11.0. The molecule has 0 atom stereocenters. The first-order valence-corrected chi connectivity index (χ1v) is 6.15. The van der Waals surface area contributed by atoms with E-state index < -0.39 is 0 Å². The number of nitrogen functional groups attached to an aromatic ring is 1. The predicted octanol–water partition coefficient (Wildman–Crippen LogP) is 2.17. The first-order valence-electron chi connectivity index (χ1n) is 6.15. The molecule has 0 unspecified atom stereocenters. The molecule has 0 aliphatic heterocycles. The lowest BCUT2D eigenvalue weighted by Gasteiger charge is -2.22. The van der Waals surface area contributed by atoms with Gasteiger partial charge < -0.3 is 10.3 Å². The van der Waals surface area contributed by atoms with Crippen LogP contribution in [0.15, 0.2) is 42.7 Å². The van der Waals surface area contributed by atoms with Crippen LogP contribution in [0.4, 0.5) is 15.8 Å². The molecule has 1 aromatic carbocycles. The second kappa shape index (κ2) is 6.12. The maximum atomic E-state index is 13.3. The van der Waals surface area contributed by atoms with Crippen molar-refractivity contribution in [2.75, 3.05) is 16.9 Å². The van der Waals surface area contributed by atoms with E-state index in [-0.39, 0.29) is 11.7 Å². The van der Waals surface area contributed by atoms with Crippen LogP contribution in [0.1, 0.15) is 17.3 Å². The number of rotatable bonds is 4. The van der Waals surface area contributed by atoms with Crippen molar-refractivity contribution in [1.29, 1.82) is 0 Å². The van der Waals surface area contributed by atoms with Gasteiger partial charge in [-0.2, -0.15) is 0 Å². The van der Waals surface area contributed by atoms with Crippen LogP contribution in [0.25, 0.3) is 0 Å². The lowest BCUT2D eigenvalue weighted by Crippen LogP contribution is -2.31. The van der Waals surface area contributed by atoms with Crippen LogP contribution in [0.3, 0.4) is 0 Å². The van der Waals surface area contributed by atoms with Gasteiger partial charge in [-0.3, -0.25) is 15.6 Å². The summed E-state index contributed by atoms with van der Waals surface area (Å²) in [5.41, 5.74) is 3.74. The second-order valence-corrected chi connectivity index (χ2v) is 4.09. The summed E-state index contributed by atoms with van der Waals surface area (Å²) in [6.45, 7) is 2.23. The minimum Gasteiger partial charge on any atom is -0.322 e. The number of carbonyl (C=O) groups excluding carboxylic acids is 1. The first-order chi connectivity index (χ1) is 9.67. The van der Waals surface area contributed by atoms with Crippen LogP contribution in [-0.4, -0.2) is 17.4 Å². The highest BCUT2D eigenvalue weighted by atomic mass is 19.1. The molecule has 5 nitrogen and oxygen atoms in total. The van der Waals surface area contributed by atoms with Gasteiger partial charge in [0.15, 0.2) is 0 Å². The molecule has 3 N–H and O–H groups in total. The smallest absolute Gasteiger partial charge is 0.260 e. The van der Waals surface area contributed by atoms with Gasteiger partial charge in [-0.15, -0.1) is 0 Å². The van der Waals surface area contributed by atoms with Gasteiger partial charge in [0.05, 0.1) is 17.4 Å². The van der Waals surface area contributed by atoms with Gasteiger partial charge in [-0.1, -0.05) is 6.07 Å². The van der Waals surface area contributed by atoms with Crippen molar-refractivity contribution < 1.29 is 9.18 Å². The van der Waals surface area contributed by atoms with Gasteiger partial charge in [-0.05, 0) is 31.2 Å². The molecule has 0 saturated carbocycles. The van der Waals surface area contributed by atoms with Crippen molar-refractivity contribution in [3.8, 4) is 0 Å². The van der Waals surface area contributed by atoms with E-state index in [1.807, 2.05) is 6.92 Å². The summed E-state index contributed by atoms with van der Waals surface area (Å²) in [6.07, 6.45) is 2.97. The van der Waals surface area contributed by atoms with E-state index in [0.29, 0.717) is 23.5 Å². The van der Waals surface area contributed by atoms with Gasteiger partial charge in [-0.25, -0.2) is 4.39 Å². The van der Waals surface area contributed by atoms with Crippen LogP contribution < -0.4 is 16.2 Å². The number of hydrazine groups is 1. The summed E-state index contributed by atoms with van der Waals surface area (Å²) in [5, 5.41) is 0. The van der Waals surface area contributed by atoms with Crippen LogP contribution in [0.5, 0.6) is 0 Å². The summed E-state index contributed by atoms with van der Waals surface area (Å²) < 4.78 is 13.3. The molecule has 0 radical (unpaired) electrons. The number of nitrogens with two attached hydrogens (primary N) is 1. The third-order valence-corrected chi connectivity index (χ3v) is 2.89. The minimum absolute atomic E-state index is 0.270. The van der Waals surface area contributed by atoms with Crippen LogP contribution in [0.2, 0.25) is 0 Å². The summed E-state index contributed by atoms with van der Waals surface area (Å²) >= 11 is 0. The minimum atomic E-state index is -0.388. The SMILES string of the molecule is CCN(C(=O)c1ccncc1NN)c1cccc(F)c1. The number of nitrogens with one attached hydrogen (secondary N) is 1. The zero-order valence-electron chi connectivity index (χ0n) is 11.0. The molecule has 1 heterocycles. The largest absolute Gasteiger partial charge is 0.322 e. The maximum Gasteiger partial charge on any atom is 0.260 e. The van der Waals surface area contributed by atoms with Gasteiger partial charge in [0.2, 0.25) is 0 Å². The molecular weight excluding hydrogens is 259 g/mol. The van der Waals surface area contributed by atoms with E-state index >= 15 is 0 Å². The van der Waals surface area contributed by atoms with Gasteiger partial charge in [0.1, 0.15) is 5.82 Å². The highest BCUT2D eigenvalue weighted by molar-refractivity contribution is 6.09. The molecule has 0 saturated heterocycles. The van der Waals surface area contributed by atoms with E-state index in [9.17, 15) is 9.18 Å². The Balaban J connectivity index is 2.39. The summed E-state index contributed by atoms with van der Waals surface area (Å²) in [4.78, 5) is 17.9. The molecule has 6 heteroatoms. The van der Waals surface area contributed by atoms with Gasteiger partial charge in [0, 0.05) is 18.4 Å². The van der Waals surface area contributed by atoms with Crippen molar-refractivity contribution in [2.45, 2.75) is 6.92 Å². The fraction of sp³-hybridized carbons (Fsp3) is 0.143. The maximum absolute atomic E-state index is 13.3. The van der Waals surface area contributed by atoms with Crippen LogP contribution in [0, 0.1) is 5.82 Å². The van der Waals surface area contributed by atoms with Crippen molar-refractivity contribution >= 4 is 17.3 Å².